The van der Waals surface area contributed by atoms with Crippen LogP contribution >= 0.6 is 0 Å². The van der Waals surface area contributed by atoms with Gasteiger partial charge in [0.1, 0.15) is 6.61 Å². The Balaban J connectivity index is 2.47. The molecule has 18 heavy (non-hydrogen) atoms. The number of rotatable bonds is 6. The Hall–Kier alpha value is -1.29. The maximum atomic E-state index is 5.82. The van der Waals surface area contributed by atoms with Gasteiger partial charge < -0.3 is 10.5 Å². The van der Waals surface area contributed by atoms with Gasteiger partial charge in [-0.25, -0.2) is 4.98 Å². The number of hydrogen-bond acceptors (Lipinski definition) is 4. The van der Waals surface area contributed by atoms with Gasteiger partial charge >= 0.3 is 0 Å². The molecule has 0 amide bonds. The molecule has 0 aliphatic carbocycles. The van der Waals surface area contributed by atoms with Gasteiger partial charge in [-0.3, -0.25) is 4.90 Å². The van der Waals surface area contributed by atoms with Gasteiger partial charge in [0.05, 0.1) is 0 Å². The normalized spacial score (nSPS) is 11.6. The Morgan fingerprint density at radius 2 is 1.89 bits per heavy atom. The molecule has 0 aliphatic rings. The smallest absolute Gasteiger partial charge is 0.215 e. The molecule has 0 radical (unpaired) electrons. The first-order valence-electron chi connectivity index (χ1n) is 6.52. The molecule has 1 aromatic heterocycles. The van der Waals surface area contributed by atoms with Crippen LogP contribution in [0.4, 0.5) is 5.69 Å². The van der Waals surface area contributed by atoms with Crippen molar-refractivity contribution >= 4 is 5.69 Å². The van der Waals surface area contributed by atoms with Crippen molar-refractivity contribution in [3.05, 3.63) is 17.8 Å². The maximum Gasteiger partial charge on any atom is 0.215 e. The fraction of sp³-hybridized carbons (Fsp3) is 0.643. The fourth-order valence-electron chi connectivity index (χ4n) is 1.97. The summed E-state index contributed by atoms with van der Waals surface area (Å²) in [6.07, 6.45) is 1.74. The van der Waals surface area contributed by atoms with E-state index in [0.717, 1.165) is 17.8 Å². The number of pyridine rings is 1. The number of hydrogen-bond donors (Lipinski definition) is 1. The number of nitrogens with zero attached hydrogens (tertiary/aromatic N) is 2. The summed E-state index contributed by atoms with van der Waals surface area (Å²) in [6, 6.07) is 2.82. The second-order valence-electron chi connectivity index (χ2n) is 5.15. The van der Waals surface area contributed by atoms with Crippen LogP contribution in [0.1, 0.15) is 33.3 Å². The SMILES string of the molecule is Cc1cnc(OCCN(C(C)C)C(C)C)cc1N. The highest BCUT2D eigenvalue weighted by Crippen LogP contribution is 2.15. The highest BCUT2D eigenvalue weighted by molar-refractivity contribution is 5.47. The zero-order valence-corrected chi connectivity index (χ0v) is 12.1. The molecular weight excluding hydrogens is 226 g/mol. The second-order valence-corrected chi connectivity index (χ2v) is 5.15. The Morgan fingerprint density at radius 3 is 2.39 bits per heavy atom. The molecule has 0 unspecified atom stereocenters. The molecule has 0 aliphatic heterocycles. The zero-order chi connectivity index (χ0) is 13.7. The van der Waals surface area contributed by atoms with Crippen LogP contribution in [0.15, 0.2) is 12.3 Å². The van der Waals surface area contributed by atoms with Gasteiger partial charge in [-0.1, -0.05) is 0 Å². The standard InChI is InChI=1S/C14H25N3O/c1-10(2)17(11(3)4)6-7-18-14-8-13(15)12(5)9-16-14/h8-11H,6-7H2,1-5H3,(H2,15,16). The van der Waals surface area contributed by atoms with E-state index in [1.165, 1.54) is 0 Å². The molecular formula is C14H25N3O. The number of anilines is 1. The summed E-state index contributed by atoms with van der Waals surface area (Å²) in [7, 11) is 0. The van der Waals surface area contributed by atoms with Crippen molar-refractivity contribution < 1.29 is 4.74 Å². The van der Waals surface area contributed by atoms with Crippen LogP contribution in [-0.4, -0.2) is 35.1 Å². The van der Waals surface area contributed by atoms with Gasteiger partial charge in [0.15, 0.2) is 0 Å². The van der Waals surface area contributed by atoms with Crippen molar-refractivity contribution in [3.63, 3.8) is 0 Å². The third-order valence-electron chi connectivity index (χ3n) is 3.05. The molecule has 4 heteroatoms. The molecule has 0 fully saturated rings. The zero-order valence-electron chi connectivity index (χ0n) is 12.1. The quantitative estimate of drug-likeness (QED) is 0.844. The highest BCUT2D eigenvalue weighted by atomic mass is 16.5. The number of ether oxygens (including phenoxy) is 1. The van der Waals surface area contributed by atoms with Crippen molar-refractivity contribution in [1.29, 1.82) is 0 Å². The van der Waals surface area contributed by atoms with Crippen LogP contribution in [0.25, 0.3) is 0 Å². The summed E-state index contributed by atoms with van der Waals surface area (Å²) >= 11 is 0. The fourth-order valence-corrected chi connectivity index (χ4v) is 1.97. The monoisotopic (exact) mass is 251 g/mol. The lowest BCUT2D eigenvalue weighted by molar-refractivity contribution is 0.140. The first-order valence-corrected chi connectivity index (χ1v) is 6.52. The largest absolute Gasteiger partial charge is 0.476 e. The number of nitrogen functional groups attached to an aromatic ring is 1. The van der Waals surface area contributed by atoms with Gasteiger partial charge in [0.2, 0.25) is 5.88 Å². The van der Waals surface area contributed by atoms with Gasteiger partial charge in [-0.15, -0.1) is 0 Å². The van der Waals surface area contributed by atoms with Crippen LogP contribution in [0.2, 0.25) is 0 Å². The summed E-state index contributed by atoms with van der Waals surface area (Å²) in [4.78, 5) is 6.59. The summed E-state index contributed by atoms with van der Waals surface area (Å²) < 4.78 is 5.64. The number of aryl methyl sites for hydroxylation is 1. The molecule has 1 aromatic rings. The van der Waals surface area contributed by atoms with Crippen molar-refractivity contribution in [2.45, 2.75) is 46.7 Å². The Bertz CT molecular complexity index is 369. The van der Waals surface area contributed by atoms with E-state index in [0.29, 0.717) is 24.6 Å². The predicted octanol–water partition coefficient (Wildman–Crippen LogP) is 2.47. The topological polar surface area (TPSA) is 51.4 Å². The van der Waals surface area contributed by atoms with Gasteiger partial charge in [0.25, 0.3) is 0 Å². The number of aromatic nitrogens is 1. The minimum Gasteiger partial charge on any atom is -0.476 e. The number of nitrogens with two attached hydrogens (primary N) is 1. The van der Waals surface area contributed by atoms with E-state index >= 15 is 0 Å². The molecule has 0 bridgehead atoms. The molecule has 0 saturated carbocycles. The molecule has 0 saturated heterocycles. The van der Waals surface area contributed by atoms with Crippen molar-refractivity contribution in [2.75, 3.05) is 18.9 Å². The van der Waals surface area contributed by atoms with E-state index in [1.54, 1.807) is 12.3 Å². The van der Waals surface area contributed by atoms with E-state index in [2.05, 4.69) is 37.6 Å². The van der Waals surface area contributed by atoms with Crippen molar-refractivity contribution in [1.82, 2.24) is 9.88 Å². The van der Waals surface area contributed by atoms with E-state index < -0.39 is 0 Å². The first-order chi connectivity index (χ1) is 8.41. The van der Waals surface area contributed by atoms with Crippen molar-refractivity contribution in [3.8, 4) is 5.88 Å². The summed E-state index contributed by atoms with van der Waals surface area (Å²) in [5.41, 5.74) is 7.52. The molecule has 102 valence electrons. The minimum atomic E-state index is 0.518. The predicted molar refractivity (Wildman–Crippen MR) is 75.9 cm³/mol. The summed E-state index contributed by atoms with van der Waals surface area (Å²) in [5, 5.41) is 0. The van der Waals surface area contributed by atoms with Crippen LogP contribution < -0.4 is 10.5 Å². The minimum absolute atomic E-state index is 0.518. The van der Waals surface area contributed by atoms with Crippen LogP contribution in [0, 0.1) is 6.92 Å². The Labute approximate surface area is 110 Å². The average Bonchev–Trinajstić information content (AvgIpc) is 2.28. The molecule has 0 atom stereocenters. The third kappa shape index (κ3) is 4.18. The van der Waals surface area contributed by atoms with Gasteiger partial charge in [0, 0.05) is 36.6 Å². The average molecular weight is 251 g/mol. The second kappa shape index (κ2) is 6.59. The van der Waals surface area contributed by atoms with E-state index in [9.17, 15) is 0 Å². The lowest BCUT2D eigenvalue weighted by Crippen LogP contribution is -2.39. The molecule has 2 N–H and O–H groups in total. The lowest BCUT2D eigenvalue weighted by Gasteiger charge is -2.30. The molecule has 1 heterocycles. The Morgan fingerprint density at radius 1 is 1.28 bits per heavy atom. The van der Waals surface area contributed by atoms with E-state index in [4.69, 9.17) is 10.5 Å². The third-order valence-corrected chi connectivity index (χ3v) is 3.05. The van der Waals surface area contributed by atoms with Crippen molar-refractivity contribution in [2.24, 2.45) is 0 Å². The van der Waals surface area contributed by atoms with E-state index in [1.807, 2.05) is 6.92 Å². The maximum absolute atomic E-state index is 5.82. The van der Waals surface area contributed by atoms with Gasteiger partial charge in [-0.2, -0.15) is 0 Å². The lowest BCUT2D eigenvalue weighted by atomic mass is 10.2. The van der Waals surface area contributed by atoms with Crippen LogP contribution in [-0.2, 0) is 0 Å². The summed E-state index contributed by atoms with van der Waals surface area (Å²) in [5.74, 6) is 0.602. The highest BCUT2D eigenvalue weighted by Gasteiger charge is 2.13. The van der Waals surface area contributed by atoms with E-state index in [-0.39, 0.29) is 0 Å². The summed E-state index contributed by atoms with van der Waals surface area (Å²) in [6.45, 7) is 12.2. The van der Waals surface area contributed by atoms with Crippen LogP contribution in [0.5, 0.6) is 5.88 Å². The molecule has 0 spiro atoms. The first kappa shape index (κ1) is 14.8. The molecule has 0 aromatic carbocycles. The van der Waals surface area contributed by atoms with Gasteiger partial charge in [-0.05, 0) is 40.2 Å². The Kier molecular flexibility index (Phi) is 5.41. The van der Waals surface area contributed by atoms with Crippen LogP contribution in [0.3, 0.4) is 0 Å². The molecule has 1 rings (SSSR count). The molecule has 4 nitrogen and oxygen atoms in total.